The molecule has 2 bridgehead atoms. The van der Waals surface area contributed by atoms with Gasteiger partial charge in [-0.05, 0) is 60.1 Å². The van der Waals surface area contributed by atoms with Crippen LogP contribution in [0.15, 0.2) is 42.6 Å². The second-order valence-corrected chi connectivity index (χ2v) is 8.32. The minimum atomic E-state index is -0.635. The van der Waals surface area contributed by atoms with Gasteiger partial charge in [0.25, 0.3) is 0 Å². The molecule has 3 aromatic rings. The van der Waals surface area contributed by atoms with Gasteiger partial charge in [-0.3, -0.25) is 4.98 Å². The van der Waals surface area contributed by atoms with Crippen LogP contribution in [0.25, 0.3) is 11.3 Å². The van der Waals surface area contributed by atoms with Gasteiger partial charge in [-0.1, -0.05) is 19.9 Å². The highest BCUT2D eigenvalue weighted by atomic mass is 19.1. The van der Waals surface area contributed by atoms with E-state index in [0.717, 1.165) is 29.8 Å². The number of hydrogen-bond acceptors (Lipinski definition) is 4. The molecule has 2 aromatic heterocycles. The van der Waals surface area contributed by atoms with E-state index in [-0.39, 0.29) is 22.6 Å². The summed E-state index contributed by atoms with van der Waals surface area (Å²) in [5.41, 5.74) is 8.99. The Morgan fingerprint density at radius 3 is 2.54 bits per heavy atom. The van der Waals surface area contributed by atoms with E-state index in [1.165, 1.54) is 18.2 Å². The largest absolute Gasteiger partial charge is 0.399 e. The number of fused-ring (bicyclic) bond motifs is 5. The summed E-state index contributed by atoms with van der Waals surface area (Å²) in [6.45, 7) is 4.42. The Hall–Kier alpha value is -2.89. The second kappa shape index (κ2) is 5.56. The first-order chi connectivity index (χ1) is 13.4. The summed E-state index contributed by atoms with van der Waals surface area (Å²) in [5.74, 6) is -1.05. The van der Waals surface area contributed by atoms with Crippen molar-refractivity contribution >= 4 is 5.69 Å². The molecule has 2 N–H and O–H groups in total. The van der Waals surface area contributed by atoms with Crippen LogP contribution in [0.4, 0.5) is 14.5 Å². The zero-order valence-corrected chi connectivity index (χ0v) is 15.7. The molecule has 2 heterocycles. The van der Waals surface area contributed by atoms with Gasteiger partial charge in [-0.2, -0.15) is 5.10 Å². The number of pyridine rings is 1. The fraction of sp³-hybridized carbons (Fsp3) is 0.318. The van der Waals surface area contributed by atoms with Crippen molar-refractivity contribution in [2.75, 3.05) is 5.73 Å². The van der Waals surface area contributed by atoms with E-state index >= 15 is 0 Å². The summed E-state index contributed by atoms with van der Waals surface area (Å²) < 4.78 is 28.6. The van der Waals surface area contributed by atoms with Crippen LogP contribution in [0.5, 0.6) is 0 Å². The second-order valence-electron chi connectivity index (χ2n) is 8.32. The minimum absolute atomic E-state index is 0.130. The molecule has 6 heteroatoms. The maximum atomic E-state index is 14.3. The predicted octanol–water partition coefficient (Wildman–Crippen LogP) is 4.60. The van der Waals surface area contributed by atoms with Crippen LogP contribution in [-0.2, 0) is 5.41 Å². The molecule has 2 aliphatic carbocycles. The lowest BCUT2D eigenvalue weighted by atomic mass is 9.66. The van der Waals surface area contributed by atoms with E-state index < -0.39 is 17.0 Å². The fourth-order valence-electron chi connectivity index (χ4n) is 5.44. The topological polar surface area (TPSA) is 64.7 Å². The molecule has 0 saturated heterocycles. The molecule has 1 aromatic carbocycles. The lowest BCUT2D eigenvalue weighted by molar-refractivity contribution is 0.243. The van der Waals surface area contributed by atoms with Gasteiger partial charge in [0.15, 0.2) is 0 Å². The van der Waals surface area contributed by atoms with Crippen molar-refractivity contribution in [3.63, 3.8) is 0 Å². The van der Waals surface area contributed by atoms with Gasteiger partial charge < -0.3 is 5.73 Å². The summed E-state index contributed by atoms with van der Waals surface area (Å²) in [5, 5.41) is 8.74. The van der Waals surface area contributed by atoms with E-state index in [1.54, 1.807) is 12.3 Å². The van der Waals surface area contributed by atoms with Gasteiger partial charge in [-0.25, -0.2) is 8.78 Å². The summed E-state index contributed by atoms with van der Waals surface area (Å²) in [7, 11) is 0. The van der Waals surface area contributed by atoms with Crippen molar-refractivity contribution in [3.05, 3.63) is 71.2 Å². The third-order valence-corrected chi connectivity index (χ3v) is 6.82. The first-order valence-electron chi connectivity index (χ1n) is 9.41. The average Bonchev–Trinajstić information content (AvgIpc) is 3.03. The smallest absolute Gasteiger partial charge is 0.135 e. The highest BCUT2D eigenvalue weighted by molar-refractivity contribution is 5.64. The summed E-state index contributed by atoms with van der Waals surface area (Å²) in [4.78, 5) is 4.63. The van der Waals surface area contributed by atoms with Crippen molar-refractivity contribution < 1.29 is 8.78 Å². The van der Waals surface area contributed by atoms with Gasteiger partial charge in [0.05, 0.1) is 28.1 Å². The molecule has 1 fully saturated rings. The zero-order chi connectivity index (χ0) is 19.7. The van der Waals surface area contributed by atoms with E-state index in [9.17, 15) is 8.78 Å². The molecule has 1 saturated carbocycles. The number of hydrogen-bond donors (Lipinski definition) is 1. The molecule has 0 amide bonds. The van der Waals surface area contributed by atoms with Crippen molar-refractivity contribution in [1.29, 1.82) is 0 Å². The van der Waals surface area contributed by atoms with E-state index in [1.807, 2.05) is 12.1 Å². The normalized spacial score (nSPS) is 24.4. The molecule has 142 valence electrons. The number of nitrogens with zero attached hydrogens (tertiary/aromatic N) is 3. The summed E-state index contributed by atoms with van der Waals surface area (Å²) in [6, 6.07) is 9.31. The van der Waals surface area contributed by atoms with E-state index in [0.29, 0.717) is 5.69 Å². The molecular weight excluding hydrogens is 358 g/mol. The lowest BCUT2D eigenvalue weighted by Gasteiger charge is -2.37. The van der Waals surface area contributed by atoms with Crippen LogP contribution < -0.4 is 5.73 Å². The van der Waals surface area contributed by atoms with Crippen LogP contribution >= 0.6 is 0 Å². The van der Waals surface area contributed by atoms with Gasteiger partial charge in [0, 0.05) is 11.9 Å². The standard InChI is InChI=1S/C22H20F2N4/c1-21(2)14-6-8-22(21,18-10-12(25)7-9-26-18)20-13(14)11-17(27-28-20)19-15(23)4-3-5-16(19)24/h3-5,7,9-11,14H,6,8H2,1-2H3,(H2,25,26)/t14-,22+/m0/s1. The SMILES string of the molecule is CC1(C)[C@H]2CC[C@@]1(c1cc(N)ccn1)c1nnc(-c3c(F)cccc3F)cc12. The highest BCUT2D eigenvalue weighted by Crippen LogP contribution is 2.69. The molecule has 28 heavy (non-hydrogen) atoms. The van der Waals surface area contributed by atoms with Gasteiger partial charge in [0.1, 0.15) is 11.6 Å². The Kier molecular flexibility index (Phi) is 3.42. The number of benzene rings is 1. The van der Waals surface area contributed by atoms with E-state index in [4.69, 9.17) is 5.73 Å². The number of halogens is 2. The third kappa shape index (κ3) is 2.00. The molecule has 0 unspecified atom stereocenters. The monoisotopic (exact) mass is 378 g/mol. The average molecular weight is 378 g/mol. The Labute approximate surface area is 161 Å². The van der Waals surface area contributed by atoms with Crippen molar-refractivity contribution in [2.24, 2.45) is 5.41 Å². The van der Waals surface area contributed by atoms with Crippen LogP contribution in [0.3, 0.4) is 0 Å². The van der Waals surface area contributed by atoms with Crippen molar-refractivity contribution in [3.8, 4) is 11.3 Å². The van der Waals surface area contributed by atoms with E-state index in [2.05, 4.69) is 29.0 Å². The number of nitrogens with two attached hydrogens (primary N) is 1. The van der Waals surface area contributed by atoms with Crippen molar-refractivity contribution in [1.82, 2.24) is 15.2 Å². The lowest BCUT2D eigenvalue weighted by Crippen LogP contribution is -2.37. The molecule has 0 radical (unpaired) electrons. The third-order valence-electron chi connectivity index (χ3n) is 6.82. The molecule has 5 rings (SSSR count). The quantitative estimate of drug-likeness (QED) is 0.708. The molecular formula is C22H20F2N4. The summed E-state index contributed by atoms with van der Waals surface area (Å²) in [6.07, 6.45) is 3.58. The Morgan fingerprint density at radius 2 is 1.82 bits per heavy atom. The van der Waals surface area contributed by atoms with Crippen molar-refractivity contribution in [2.45, 2.75) is 38.0 Å². The summed E-state index contributed by atoms with van der Waals surface area (Å²) >= 11 is 0. The van der Waals surface area contributed by atoms with Crippen LogP contribution in [-0.4, -0.2) is 15.2 Å². The minimum Gasteiger partial charge on any atom is -0.399 e. The van der Waals surface area contributed by atoms with Crippen LogP contribution in [0.1, 0.15) is 49.6 Å². The van der Waals surface area contributed by atoms with Gasteiger partial charge >= 0.3 is 0 Å². The molecule has 0 spiro atoms. The van der Waals surface area contributed by atoms with Crippen LogP contribution in [0, 0.1) is 17.0 Å². The zero-order valence-electron chi connectivity index (χ0n) is 15.7. The molecule has 0 aliphatic heterocycles. The van der Waals surface area contributed by atoms with Gasteiger partial charge in [0.2, 0.25) is 0 Å². The molecule has 2 atom stereocenters. The first-order valence-corrected chi connectivity index (χ1v) is 9.41. The Bertz CT molecular complexity index is 1090. The number of rotatable bonds is 2. The predicted molar refractivity (Wildman–Crippen MR) is 103 cm³/mol. The Balaban J connectivity index is 1.74. The Morgan fingerprint density at radius 1 is 1.07 bits per heavy atom. The maximum absolute atomic E-state index is 14.3. The first kappa shape index (κ1) is 17.2. The fourth-order valence-corrected chi connectivity index (χ4v) is 5.44. The maximum Gasteiger partial charge on any atom is 0.135 e. The van der Waals surface area contributed by atoms with Crippen LogP contribution in [0.2, 0.25) is 0 Å². The number of nitrogen functional groups attached to an aromatic ring is 1. The number of aromatic nitrogens is 3. The molecule has 2 aliphatic rings. The van der Waals surface area contributed by atoms with Gasteiger partial charge in [-0.15, -0.1) is 5.10 Å². The highest BCUT2D eigenvalue weighted by Gasteiger charge is 2.65. The molecule has 4 nitrogen and oxygen atoms in total. The number of anilines is 1.